The zero-order valence-electron chi connectivity index (χ0n) is 12.3. The highest BCUT2D eigenvalue weighted by molar-refractivity contribution is 5.80. The Morgan fingerprint density at radius 3 is 2.50 bits per heavy atom. The predicted octanol–water partition coefficient (Wildman–Crippen LogP) is 1.65. The highest BCUT2D eigenvalue weighted by atomic mass is 16.5. The van der Waals surface area contributed by atoms with Crippen LogP contribution in [0.1, 0.15) is 40.0 Å². The number of ether oxygens (including phenoxy) is 1. The van der Waals surface area contributed by atoms with E-state index < -0.39 is 5.54 Å². The van der Waals surface area contributed by atoms with Crippen LogP contribution in [-0.2, 0) is 9.53 Å². The number of hydrogen-bond acceptors (Lipinski definition) is 4. The molecule has 0 heterocycles. The lowest BCUT2D eigenvalue weighted by atomic mass is 9.85. The molecule has 0 aromatic carbocycles. The van der Waals surface area contributed by atoms with Gasteiger partial charge in [-0.3, -0.25) is 4.79 Å². The smallest absolute Gasteiger partial charge is 0.327 e. The largest absolute Gasteiger partial charge is 0.468 e. The lowest BCUT2D eigenvalue weighted by molar-refractivity contribution is -0.148. The van der Waals surface area contributed by atoms with Gasteiger partial charge in [0, 0.05) is 13.1 Å². The maximum absolute atomic E-state index is 11.9. The molecule has 1 fully saturated rings. The number of rotatable bonds is 8. The summed E-state index contributed by atoms with van der Waals surface area (Å²) in [6.07, 6.45) is 4.04. The summed E-state index contributed by atoms with van der Waals surface area (Å²) in [4.78, 5) is 14.3. The number of likely N-dealkylation sites (N-methyl/N-ethyl adjacent to an activating group) is 2. The standard InChI is InChI=1S/C14H28N2O2/c1-5-15-14(3,13(17)18-4)11-16(6-2)10-12-8-7-9-12/h12,15H,5-11H2,1-4H3. The maximum Gasteiger partial charge on any atom is 0.327 e. The van der Waals surface area contributed by atoms with E-state index in [4.69, 9.17) is 4.74 Å². The van der Waals surface area contributed by atoms with Gasteiger partial charge in [-0.05, 0) is 38.8 Å². The van der Waals surface area contributed by atoms with Gasteiger partial charge in [-0.2, -0.15) is 0 Å². The normalized spacial score (nSPS) is 19.4. The molecule has 0 saturated heterocycles. The van der Waals surface area contributed by atoms with Gasteiger partial charge in [-0.25, -0.2) is 0 Å². The summed E-state index contributed by atoms with van der Waals surface area (Å²) in [5.41, 5.74) is -0.594. The molecule has 106 valence electrons. The van der Waals surface area contributed by atoms with Crippen LogP contribution in [0.4, 0.5) is 0 Å². The number of hydrogen-bond donors (Lipinski definition) is 1. The van der Waals surface area contributed by atoms with E-state index in [9.17, 15) is 4.79 Å². The summed E-state index contributed by atoms with van der Waals surface area (Å²) in [5, 5.41) is 3.27. The number of carbonyl (C=O) groups excluding carboxylic acids is 1. The van der Waals surface area contributed by atoms with Gasteiger partial charge >= 0.3 is 5.97 Å². The minimum atomic E-state index is -0.594. The monoisotopic (exact) mass is 256 g/mol. The molecule has 18 heavy (non-hydrogen) atoms. The van der Waals surface area contributed by atoms with E-state index in [2.05, 4.69) is 17.1 Å². The Bertz CT molecular complexity index is 267. The molecule has 1 unspecified atom stereocenters. The van der Waals surface area contributed by atoms with Crippen molar-refractivity contribution in [2.45, 2.75) is 45.6 Å². The molecule has 1 atom stereocenters. The second kappa shape index (κ2) is 7.10. The van der Waals surface area contributed by atoms with E-state index in [0.717, 1.165) is 32.1 Å². The first-order valence-corrected chi connectivity index (χ1v) is 7.11. The average Bonchev–Trinajstić information content (AvgIpc) is 2.31. The minimum absolute atomic E-state index is 0.170. The van der Waals surface area contributed by atoms with Gasteiger partial charge in [-0.15, -0.1) is 0 Å². The molecular formula is C14H28N2O2. The molecular weight excluding hydrogens is 228 g/mol. The molecule has 0 aromatic rings. The minimum Gasteiger partial charge on any atom is -0.468 e. The predicted molar refractivity (Wildman–Crippen MR) is 73.6 cm³/mol. The molecule has 1 aliphatic rings. The van der Waals surface area contributed by atoms with E-state index in [1.54, 1.807) is 0 Å². The molecule has 1 aliphatic carbocycles. The van der Waals surface area contributed by atoms with Gasteiger partial charge in [0.1, 0.15) is 5.54 Å². The summed E-state index contributed by atoms with van der Waals surface area (Å²) in [6.45, 7) is 9.69. The first-order valence-electron chi connectivity index (χ1n) is 7.11. The van der Waals surface area contributed by atoms with Gasteiger partial charge < -0.3 is 15.0 Å². The second-order valence-electron chi connectivity index (χ2n) is 5.48. The van der Waals surface area contributed by atoms with Crippen LogP contribution in [0.25, 0.3) is 0 Å². The van der Waals surface area contributed by atoms with Crippen LogP contribution >= 0.6 is 0 Å². The Morgan fingerprint density at radius 1 is 1.44 bits per heavy atom. The summed E-state index contributed by atoms with van der Waals surface area (Å²) in [7, 11) is 1.46. The fraction of sp³-hybridized carbons (Fsp3) is 0.929. The van der Waals surface area contributed by atoms with Gasteiger partial charge in [-0.1, -0.05) is 20.3 Å². The van der Waals surface area contributed by atoms with Crippen LogP contribution in [0, 0.1) is 5.92 Å². The molecule has 4 heteroatoms. The summed E-state index contributed by atoms with van der Waals surface area (Å²) < 4.78 is 4.93. The Kier molecular flexibility index (Phi) is 6.09. The maximum atomic E-state index is 11.9. The van der Waals surface area contributed by atoms with Crippen molar-refractivity contribution in [2.75, 3.05) is 33.3 Å². The zero-order valence-corrected chi connectivity index (χ0v) is 12.3. The Labute approximate surface area is 111 Å². The van der Waals surface area contributed by atoms with E-state index >= 15 is 0 Å². The number of carbonyl (C=O) groups is 1. The molecule has 0 amide bonds. The topological polar surface area (TPSA) is 41.6 Å². The SMILES string of the molecule is CCNC(C)(CN(CC)CC1CCC1)C(=O)OC. The first kappa shape index (κ1) is 15.4. The van der Waals surface area contributed by atoms with Crippen molar-refractivity contribution in [3.63, 3.8) is 0 Å². The fourth-order valence-corrected chi connectivity index (χ4v) is 2.60. The molecule has 0 spiro atoms. The van der Waals surface area contributed by atoms with Crippen LogP contribution in [0.2, 0.25) is 0 Å². The molecule has 1 N–H and O–H groups in total. The van der Waals surface area contributed by atoms with Gasteiger partial charge in [0.05, 0.1) is 7.11 Å². The Hall–Kier alpha value is -0.610. The van der Waals surface area contributed by atoms with Gasteiger partial charge in [0.2, 0.25) is 0 Å². The number of esters is 1. The van der Waals surface area contributed by atoms with Crippen LogP contribution in [0.15, 0.2) is 0 Å². The van der Waals surface area contributed by atoms with Crippen molar-refractivity contribution in [1.82, 2.24) is 10.2 Å². The van der Waals surface area contributed by atoms with E-state index in [-0.39, 0.29) is 5.97 Å². The number of methoxy groups -OCH3 is 1. The molecule has 4 nitrogen and oxygen atoms in total. The van der Waals surface area contributed by atoms with Crippen molar-refractivity contribution in [3.8, 4) is 0 Å². The molecule has 0 radical (unpaired) electrons. The lowest BCUT2D eigenvalue weighted by Crippen LogP contribution is -2.58. The Balaban J connectivity index is 2.58. The van der Waals surface area contributed by atoms with Crippen LogP contribution in [0.3, 0.4) is 0 Å². The van der Waals surface area contributed by atoms with E-state index in [1.807, 2.05) is 13.8 Å². The fourth-order valence-electron chi connectivity index (χ4n) is 2.60. The van der Waals surface area contributed by atoms with Crippen LogP contribution < -0.4 is 5.32 Å². The molecule has 1 saturated carbocycles. The summed E-state index contributed by atoms with van der Waals surface area (Å²) in [5.74, 6) is 0.657. The van der Waals surface area contributed by atoms with Crippen molar-refractivity contribution in [1.29, 1.82) is 0 Å². The van der Waals surface area contributed by atoms with Gasteiger partial charge in [0.25, 0.3) is 0 Å². The summed E-state index contributed by atoms with van der Waals surface area (Å²) in [6, 6.07) is 0. The van der Waals surface area contributed by atoms with Crippen molar-refractivity contribution in [3.05, 3.63) is 0 Å². The third-order valence-electron chi connectivity index (χ3n) is 3.93. The quantitative estimate of drug-likeness (QED) is 0.671. The van der Waals surface area contributed by atoms with E-state index in [0.29, 0.717) is 0 Å². The lowest BCUT2D eigenvalue weighted by Gasteiger charge is -2.37. The zero-order chi connectivity index (χ0) is 13.6. The van der Waals surface area contributed by atoms with Crippen LogP contribution in [0.5, 0.6) is 0 Å². The third kappa shape index (κ3) is 3.95. The second-order valence-corrected chi connectivity index (χ2v) is 5.48. The summed E-state index contributed by atoms with van der Waals surface area (Å²) >= 11 is 0. The third-order valence-corrected chi connectivity index (χ3v) is 3.93. The molecule has 0 bridgehead atoms. The molecule has 1 rings (SSSR count). The highest BCUT2D eigenvalue weighted by Gasteiger charge is 2.35. The van der Waals surface area contributed by atoms with E-state index in [1.165, 1.54) is 26.4 Å². The number of nitrogens with zero attached hydrogens (tertiary/aromatic N) is 1. The van der Waals surface area contributed by atoms with Crippen molar-refractivity contribution in [2.24, 2.45) is 5.92 Å². The number of nitrogens with one attached hydrogen (secondary N) is 1. The Morgan fingerprint density at radius 2 is 2.11 bits per heavy atom. The van der Waals surface area contributed by atoms with Crippen molar-refractivity contribution < 1.29 is 9.53 Å². The van der Waals surface area contributed by atoms with Crippen molar-refractivity contribution >= 4 is 5.97 Å². The highest BCUT2D eigenvalue weighted by Crippen LogP contribution is 2.27. The average molecular weight is 256 g/mol. The molecule has 0 aromatic heterocycles. The molecule has 0 aliphatic heterocycles. The first-order chi connectivity index (χ1) is 8.55. The van der Waals surface area contributed by atoms with Crippen LogP contribution in [-0.4, -0.2) is 49.7 Å². The van der Waals surface area contributed by atoms with Gasteiger partial charge in [0.15, 0.2) is 0 Å².